The Morgan fingerprint density at radius 1 is 1.50 bits per heavy atom. The van der Waals surface area contributed by atoms with Crippen molar-refractivity contribution in [1.82, 2.24) is 14.6 Å². The molecule has 2 rings (SSSR count). The second kappa shape index (κ2) is 5.42. The molecule has 2 heterocycles. The Morgan fingerprint density at radius 2 is 2.44 bits per heavy atom. The molecule has 16 heavy (non-hydrogen) atoms. The van der Waals surface area contributed by atoms with E-state index in [0.717, 1.165) is 29.5 Å². The molecule has 0 fully saturated rings. The van der Waals surface area contributed by atoms with Gasteiger partial charge in [-0.05, 0) is 6.07 Å². The topological polar surface area (TPSA) is 42.2 Å². The van der Waals surface area contributed by atoms with Gasteiger partial charge in [-0.2, -0.15) is 5.10 Å². The van der Waals surface area contributed by atoms with Crippen LogP contribution in [0.5, 0.6) is 0 Å². The molecule has 2 aromatic rings. The molecule has 0 aliphatic carbocycles. The van der Waals surface area contributed by atoms with Gasteiger partial charge in [0.2, 0.25) is 0 Å². The lowest BCUT2D eigenvalue weighted by Gasteiger charge is -2.04. The zero-order chi connectivity index (χ0) is 11.2. The maximum atomic E-state index is 5.16. The zero-order valence-electron chi connectivity index (χ0n) is 8.76. The average Bonchev–Trinajstić information content (AvgIpc) is 2.76. The third-order valence-corrected chi connectivity index (χ3v) is 2.86. The monoisotopic (exact) mass is 232 g/mol. The standard InChI is InChI=1S/C11H12N4S/c1-2-8-16-9-6-12-10-4-7-15-11(14-10)3-5-13-15/h1,3-5,7H,6,8-9H2,(H,12,14). The first-order chi connectivity index (χ1) is 7.90. The van der Waals surface area contributed by atoms with E-state index in [-0.39, 0.29) is 0 Å². The van der Waals surface area contributed by atoms with Crippen LogP contribution in [0.1, 0.15) is 0 Å². The number of terminal acetylenes is 1. The normalized spacial score (nSPS) is 10.2. The van der Waals surface area contributed by atoms with Crippen molar-refractivity contribution in [2.24, 2.45) is 0 Å². The largest absolute Gasteiger partial charge is 0.369 e. The summed E-state index contributed by atoms with van der Waals surface area (Å²) in [5, 5.41) is 7.32. The Kier molecular flexibility index (Phi) is 3.67. The first-order valence-electron chi connectivity index (χ1n) is 4.95. The van der Waals surface area contributed by atoms with Gasteiger partial charge in [0.05, 0.1) is 11.9 Å². The Hall–Kier alpha value is -1.67. The summed E-state index contributed by atoms with van der Waals surface area (Å²) in [5.74, 6) is 5.21. The summed E-state index contributed by atoms with van der Waals surface area (Å²) in [6, 6.07) is 3.78. The highest BCUT2D eigenvalue weighted by Crippen LogP contribution is 2.06. The van der Waals surface area contributed by atoms with Crippen LogP contribution < -0.4 is 5.32 Å². The summed E-state index contributed by atoms with van der Waals surface area (Å²) in [6.07, 6.45) is 8.78. The van der Waals surface area contributed by atoms with Gasteiger partial charge in [0, 0.05) is 24.6 Å². The lowest BCUT2D eigenvalue weighted by molar-refractivity contribution is 0.938. The van der Waals surface area contributed by atoms with E-state index in [1.54, 1.807) is 22.5 Å². The van der Waals surface area contributed by atoms with Crippen LogP contribution in [-0.4, -0.2) is 32.6 Å². The van der Waals surface area contributed by atoms with Crippen molar-refractivity contribution >= 4 is 23.2 Å². The number of nitrogens with zero attached hydrogens (tertiary/aromatic N) is 3. The van der Waals surface area contributed by atoms with Crippen LogP contribution in [-0.2, 0) is 0 Å². The minimum absolute atomic E-state index is 0.761. The van der Waals surface area contributed by atoms with Gasteiger partial charge in [0.25, 0.3) is 0 Å². The molecule has 0 spiro atoms. The number of hydrogen-bond acceptors (Lipinski definition) is 4. The van der Waals surface area contributed by atoms with Crippen LogP contribution in [0.15, 0.2) is 24.5 Å². The fourth-order valence-corrected chi connectivity index (χ4v) is 1.80. The second-order valence-electron chi connectivity index (χ2n) is 3.13. The third kappa shape index (κ3) is 2.67. The maximum absolute atomic E-state index is 5.16. The molecule has 0 bridgehead atoms. The highest BCUT2D eigenvalue weighted by Gasteiger charge is 1.97. The van der Waals surface area contributed by atoms with Crippen LogP contribution >= 0.6 is 11.8 Å². The molecule has 4 nitrogen and oxygen atoms in total. The molecule has 5 heteroatoms. The number of rotatable bonds is 5. The van der Waals surface area contributed by atoms with Gasteiger partial charge in [-0.15, -0.1) is 18.2 Å². The highest BCUT2D eigenvalue weighted by atomic mass is 32.2. The molecule has 0 radical (unpaired) electrons. The highest BCUT2D eigenvalue weighted by molar-refractivity contribution is 7.99. The van der Waals surface area contributed by atoms with Gasteiger partial charge in [0.15, 0.2) is 5.65 Å². The van der Waals surface area contributed by atoms with E-state index in [9.17, 15) is 0 Å². The first-order valence-corrected chi connectivity index (χ1v) is 6.11. The van der Waals surface area contributed by atoms with Crippen molar-refractivity contribution < 1.29 is 0 Å². The predicted octanol–water partition coefficient (Wildman–Crippen LogP) is 1.51. The molecule has 82 valence electrons. The van der Waals surface area contributed by atoms with Gasteiger partial charge in [0.1, 0.15) is 5.82 Å². The first kappa shape index (κ1) is 10.8. The van der Waals surface area contributed by atoms with E-state index in [2.05, 4.69) is 21.3 Å². The molecule has 0 aliphatic rings. The average molecular weight is 232 g/mol. The molecule has 0 atom stereocenters. The van der Waals surface area contributed by atoms with E-state index >= 15 is 0 Å². The Bertz CT molecular complexity index is 500. The van der Waals surface area contributed by atoms with Crippen molar-refractivity contribution in [2.75, 3.05) is 23.4 Å². The molecule has 0 aliphatic heterocycles. The van der Waals surface area contributed by atoms with Gasteiger partial charge in [-0.1, -0.05) is 5.92 Å². The van der Waals surface area contributed by atoms with E-state index in [0.29, 0.717) is 0 Å². The number of fused-ring (bicyclic) bond motifs is 1. The Labute approximate surface area is 98.5 Å². The van der Waals surface area contributed by atoms with E-state index < -0.39 is 0 Å². The summed E-state index contributed by atoms with van der Waals surface area (Å²) in [4.78, 5) is 4.39. The lowest BCUT2D eigenvalue weighted by atomic mass is 10.5. The van der Waals surface area contributed by atoms with Crippen LogP contribution in [0.2, 0.25) is 0 Å². The van der Waals surface area contributed by atoms with Crippen LogP contribution in [0.25, 0.3) is 5.65 Å². The van der Waals surface area contributed by atoms with Crippen LogP contribution in [0.4, 0.5) is 5.82 Å². The summed E-state index contributed by atoms with van der Waals surface area (Å²) in [5.41, 5.74) is 0.848. The molecule has 0 saturated heterocycles. The molecule has 1 N–H and O–H groups in total. The third-order valence-electron chi connectivity index (χ3n) is 2.00. The van der Waals surface area contributed by atoms with E-state index in [1.807, 2.05) is 18.3 Å². The SMILES string of the molecule is C#CCSCCNc1ccn2nccc2n1. The molecule has 0 amide bonds. The van der Waals surface area contributed by atoms with Gasteiger partial charge in [-0.3, -0.25) is 0 Å². The van der Waals surface area contributed by atoms with E-state index in [1.165, 1.54) is 0 Å². The maximum Gasteiger partial charge on any atom is 0.157 e. The van der Waals surface area contributed by atoms with Crippen molar-refractivity contribution in [3.05, 3.63) is 24.5 Å². The van der Waals surface area contributed by atoms with Gasteiger partial charge >= 0.3 is 0 Å². The molecular weight excluding hydrogens is 220 g/mol. The molecule has 0 saturated carbocycles. The Balaban J connectivity index is 1.87. The van der Waals surface area contributed by atoms with Crippen LogP contribution in [0.3, 0.4) is 0 Å². The fourth-order valence-electron chi connectivity index (χ4n) is 1.29. The minimum atomic E-state index is 0.761. The molecule has 0 aromatic carbocycles. The van der Waals surface area contributed by atoms with Crippen LogP contribution in [0, 0.1) is 12.3 Å². The molecule has 0 unspecified atom stereocenters. The van der Waals surface area contributed by atoms with Crippen molar-refractivity contribution in [3.8, 4) is 12.3 Å². The smallest absolute Gasteiger partial charge is 0.157 e. The summed E-state index contributed by atoms with van der Waals surface area (Å²) in [6.45, 7) is 0.865. The van der Waals surface area contributed by atoms with Gasteiger partial charge in [-0.25, -0.2) is 9.50 Å². The minimum Gasteiger partial charge on any atom is -0.369 e. The fraction of sp³-hybridized carbons (Fsp3) is 0.273. The number of anilines is 1. The number of nitrogens with one attached hydrogen (secondary N) is 1. The van der Waals surface area contributed by atoms with Crippen molar-refractivity contribution in [3.63, 3.8) is 0 Å². The summed E-state index contributed by atoms with van der Waals surface area (Å²) < 4.78 is 1.73. The number of hydrogen-bond donors (Lipinski definition) is 1. The second-order valence-corrected chi connectivity index (χ2v) is 4.24. The van der Waals surface area contributed by atoms with Crippen molar-refractivity contribution in [1.29, 1.82) is 0 Å². The van der Waals surface area contributed by atoms with Gasteiger partial charge < -0.3 is 5.32 Å². The lowest BCUT2D eigenvalue weighted by Crippen LogP contribution is -2.06. The van der Waals surface area contributed by atoms with Crippen molar-refractivity contribution in [2.45, 2.75) is 0 Å². The Morgan fingerprint density at radius 3 is 3.31 bits per heavy atom. The molecule has 2 aromatic heterocycles. The molecular formula is C11H12N4S. The summed E-state index contributed by atoms with van der Waals surface area (Å²) >= 11 is 1.73. The number of thioether (sulfide) groups is 1. The summed E-state index contributed by atoms with van der Waals surface area (Å²) in [7, 11) is 0. The predicted molar refractivity (Wildman–Crippen MR) is 67.6 cm³/mol. The zero-order valence-corrected chi connectivity index (χ0v) is 9.57. The van der Waals surface area contributed by atoms with E-state index in [4.69, 9.17) is 6.42 Å². The quantitative estimate of drug-likeness (QED) is 0.627. The number of aromatic nitrogens is 3.